The van der Waals surface area contributed by atoms with Crippen LogP contribution in [-0.4, -0.2) is 19.5 Å². The van der Waals surface area contributed by atoms with Crippen molar-refractivity contribution in [3.8, 4) is 0 Å². The van der Waals surface area contributed by atoms with Gasteiger partial charge in [0, 0.05) is 0 Å². The molecule has 0 fully saturated rings. The quantitative estimate of drug-likeness (QED) is 0.513. The fourth-order valence-electron chi connectivity index (χ4n) is 1.15. The number of allylic oxidation sites excluding steroid dienone is 1. The SMILES string of the molecule is CC(=O)/C=C/c1ccccc1[Te](C)(Br)Br. The van der Waals surface area contributed by atoms with Crippen molar-refractivity contribution in [3.05, 3.63) is 35.9 Å². The van der Waals surface area contributed by atoms with Gasteiger partial charge in [0.1, 0.15) is 0 Å². The molecule has 1 aromatic carbocycles. The summed E-state index contributed by atoms with van der Waals surface area (Å²) in [5.74, 6) is 0.0726. The number of ketones is 1. The van der Waals surface area contributed by atoms with Crippen molar-refractivity contribution in [2.75, 3.05) is 0 Å². The molecule has 1 aromatic rings. The minimum absolute atomic E-state index is 0.0726. The van der Waals surface area contributed by atoms with E-state index in [-0.39, 0.29) is 5.78 Å². The zero-order valence-electron chi connectivity index (χ0n) is 8.54. The molecule has 82 valence electrons. The van der Waals surface area contributed by atoms with Crippen molar-refractivity contribution in [1.82, 2.24) is 0 Å². The predicted molar refractivity (Wildman–Crippen MR) is 75.3 cm³/mol. The van der Waals surface area contributed by atoms with Gasteiger partial charge in [0.25, 0.3) is 0 Å². The van der Waals surface area contributed by atoms with Gasteiger partial charge in [0.05, 0.1) is 0 Å². The molecule has 0 saturated carbocycles. The summed E-state index contributed by atoms with van der Waals surface area (Å²) in [5, 5.41) is 0. The molecule has 0 aromatic heterocycles. The second-order valence-electron chi connectivity index (χ2n) is 3.21. The zero-order chi connectivity index (χ0) is 11.5. The third-order valence-corrected chi connectivity index (χ3v) is 9.75. The molecule has 0 aliphatic carbocycles. The van der Waals surface area contributed by atoms with Gasteiger partial charge in [0.2, 0.25) is 0 Å². The minimum atomic E-state index is -2.21. The standard InChI is InChI=1S/C11H12Br2OTe/c1-9(14)7-8-10-5-3-4-6-11(10)15(2,12)13/h3-8H,1-2H3/b8-7+. The molecule has 0 aliphatic heterocycles. The van der Waals surface area contributed by atoms with Gasteiger partial charge in [-0.3, -0.25) is 0 Å². The number of carbonyl (C=O) groups excluding carboxylic acids is 1. The van der Waals surface area contributed by atoms with E-state index in [1.54, 1.807) is 13.0 Å². The van der Waals surface area contributed by atoms with E-state index in [1.165, 1.54) is 3.61 Å². The van der Waals surface area contributed by atoms with Crippen molar-refractivity contribution in [2.45, 2.75) is 11.9 Å². The molecular formula is C11H12Br2OTe. The second kappa shape index (κ2) is 5.63. The van der Waals surface area contributed by atoms with Crippen LogP contribution in [0.1, 0.15) is 12.5 Å². The molecule has 0 amide bonds. The summed E-state index contributed by atoms with van der Waals surface area (Å²) in [6.45, 7) is 1.56. The molecule has 0 heterocycles. The third-order valence-electron chi connectivity index (χ3n) is 1.80. The summed E-state index contributed by atoms with van der Waals surface area (Å²) >= 11 is 5.25. The Bertz CT molecular complexity index is 394. The summed E-state index contributed by atoms with van der Waals surface area (Å²) < 4.78 is 1.29. The molecule has 1 rings (SSSR count). The van der Waals surface area contributed by atoms with Crippen molar-refractivity contribution in [3.63, 3.8) is 0 Å². The third kappa shape index (κ3) is 4.40. The molecule has 0 spiro atoms. The molecule has 15 heavy (non-hydrogen) atoms. The summed E-state index contributed by atoms with van der Waals surface area (Å²) in [6.07, 6.45) is 3.48. The number of rotatable bonds is 3. The predicted octanol–water partition coefficient (Wildman–Crippen LogP) is 3.36. The van der Waals surface area contributed by atoms with Crippen LogP contribution in [0.4, 0.5) is 0 Å². The van der Waals surface area contributed by atoms with E-state index in [2.05, 4.69) is 36.5 Å². The molecule has 0 bridgehead atoms. The Labute approximate surface area is 106 Å². The van der Waals surface area contributed by atoms with E-state index >= 15 is 0 Å². The Kier molecular flexibility index (Phi) is 5.05. The zero-order valence-corrected chi connectivity index (χ0v) is 14.0. The van der Waals surface area contributed by atoms with Crippen LogP contribution in [0.2, 0.25) is 4.97 Å². The Morgan fingerprint density at radius 3 is 2.47 bits per heavy atom. The van der Waals surface area contributed by atoms with Crippen molar-refractivity contribution < 1.29 is 4.79 Å². The topological polar surface area (TPSA) is 17.1 Å². The van der Waals surface area contributed by atoms with Crippen LogP contribution in [0.25, 0.3) is 6.08 Å². The Balaban J connectivity index is 3.13. The molecule has 0 N–H and O–H groups in total. The average Bonchev–Trinajstić information content (AvgIpc) is 2.13. The van der Waals surface area contributed by atoms with Crippen LogP contribution < -0.4 is 3.61 Å². The van der Waals surface area contributed by atoms with E-state index in [1.807, 2.05) is 24.3 Å². The van der Waals surface area contributed by atoms with Crippen LogP contribution in [0.5, 0.6) is 0 Å². The van der Waals surface area contributed by atoms with Gasteiger partial charge >= 0.3 is 107 Å². The van der Waals surface area contributed by atoms with E-state index in [0.717, 1.165) is 5.56 Å². The van der Waals surface area contributed by atoms with Crippen LogP contribution >= 0.6 is 25.5 Å². The maximum absolute atomic E-state index is 10.9. The molecule has 0 aliphatic rings. The summed E-state index contributed by atoms with van der Waals surface area (Å²) in [6, 6.07) is 8.14. The normalized spacial score (nSPS) is 13.1. The molecule has 0 radical (unpaired) electrons. The molecular weight excluding hydrogens is 436 g/mol. The number of halogens is 2. The van der Waals surface area contributed by atoms with E-state index in [0.29, 0.717) is 0 Å². The molecule has 0 atom stereocenters. The van der Waals surface area contributed by atoms with Crippen molar-refractivity contribution in [1.29, 1.82) is 0 Å². The van der Waals surface area contributed by atoms with Gasteiger partial charge in [-0.25, -0.2) is 0 Å². The van der Waals surface area contributed by atoms with E-state index in [9.17, 15) is 4.79 Å². The van der Waals surface area contributed by atoms with Gasteiger partial charge in [0.15, 0.2) is 0 Å². The van der Waals surface area contributed by atoms with Gasteiger partial charge < -0.3 is 0 Å². The van der Waals surface area contributed by atoms with Crippen LogP contribution in [-0.2, 0) is 4.79 Å². The number of hydrogen-bond donors (Lipinski definition) is 0. The molecule has 0 saturated heterocycles. The van der Waals surface area contributed by atoms with Gasteiger partial charge in [-0.1, -0.05) is 0 Å². The molecule has 4 heteroatoms. The van der Waals surface area contributed by atoms with Crippen molar-refractivity contribution in [2.24, 2.45) is 0 Å². The van der Waals surface area contributed by atoms with Crippen LogP contribution in [0, 0.1) is 0 Å². The first-order chi connectivity index (χ1) is 6.91. The van der Waals surface area contributed by atoms with Crippen molar-refractivity contribution >= 4 is 54.7 Å². The Hall–Kier alpha value is 0.380. The summed E-state index contributed by atoms with van der Waals surface area (Å²) in [7, 11) is 0. The monoisotopic (exact) mass is 448 g/mol. The Morgan fingerprint density at radius 2 is 1.93 bits per heavy atom. The number of benzene rings is 1. The first-order valence-electron chi connectivity index (χ1n) is 4.36. The maximum atomic E-state index is 10.9. The second-order valence-corrected chi connectivity index (χ2v) is 31.8. The number of carbonyl (C=O) groups is 1. The fourth-order valence-corrected chi connectivity index (χ4v) is 7.58. The summed E-state index contributed by atoms with van der Waals surface area (Å²) in [4.78, 5) is 13.1. The van der Waals surface area contributed by atoms with Gasteiger partial charge in [-0.15, -0.1) is 0 Å². The van der Waals surface area contributed by atoms with Crippen LogP contribution in [0.15, 0.2) is 30.3 Å². The first-order valence-corrected chi connectivity index (χ1v) is 18.3. The van der Waals surface area contributed by atoms with E-state index < -0.39 is 13.8 Å². The first kappa shape index (κ1) is 13.4. The molecule has 1 nitrogen and oxygen atoms in total. The fraction of sp³-hybridized carbons (Fsp3) is 0.182. The summed E-state index contributed by atoms with van der Waals surface area (Å²) in [5.41, 5.74) is 1.12. The average molecular weight is 448 g/mol. The molecule has 0 unspecified atom stereocenters. The van der Waals surface area contributed by atoms with Crippen LogP contribution in [0.3, 0.4) is 0 Å². The number of hydrogen-bond acceptors (Lipinski definition) is 1. The van der Waals surface area contributed by atoms with E-state index in [4.69, 9.17) is 0 Å². The van der Waals surface area contributed by atoms with Gasteiger partial charge in [-0.2, -0.15) is 0 Å². The van der Waals surface area contributed by atoms with Gasteiger partial charge in [-0.05, 0) is 0 Å². The Morgan fingerprint density at radius 1 is 1.33 bits per heavy atom.